The van der Waals surface area contributed by atoms with Gasteiger partial charge >= 0.3 is 5.97 Å². The van der Waals surface area contributed by atoms with Gasteiger partial charge in [-0.1, -0.05) is 51.7 Å². The van der Waals surface area contributed by atoms with E-state index in [1.54, 1.807) is 0 Å². The molecule has 194 valence electrons. The number of carbonyl (C=O) groups is 2. The van der Waals surface area contributed by atoms with Gasteiger partial charge in [-0.2, -0.15) is 0 Å². The quantitative estimate of drug-likeness (QED) is 0.408. The Morgan fingerprint density at radius 1 is 1.14 bits per heavy atom. The van der Waals surface area contributed by atoms with Gasteiger partial charge in [0.25, 0.3) is 0 Å². The number of carboxylic acid groups (broad SMARTS) is 1. The molecule has 0 amide bonds. The first-order chi connectivity index (χ1) is 16.8. The summed E-state index contributed by atoms with van der Waals surface area (Å²) in [5.41, 5.74) is -1.33. The van der Waals surface area contributed by atoms with Crippen molar-refractivity contribution in [2.75, 3.05) is 19.6 Å². The minimum Gasteiger partial charge on any atom is -0.481 e. The van der Waals surface area contributed by atoms with Crippen LogP contribution in [-0.4, -0.2) is 54.1 Å². The molecule has 2 heterocycles. The van der Waals surface area contributed by atoms with Crippen molar-refractivity contribution in [2.24, 2.45) is 45.8 Å². The van der Waals surface area contributed by atoms with Crippen molar-refractivity contribution in [3.63, 3.8) is 0 Å². The molecule has 0 aromatic carbocycles. The average molecular weight is 484 g/mol. The summed E-state index contributed by atoms with van der Waals surface area (Å²) >= 11 is 0. The largest absolute Gasteiger partial charge is 0.481 e. The summed E-state index contributed by atoms with van der Waals surface area (Å²) in [4.78, 5) is 29.5. The van der Waals surface area contributed by atoms with E-state index < -0.39 is 22.2 Å². The molecule has 6 unspecified atom stereocenters. The van der Waals surface area contributed by atoms with E-state index in [4.69, 9.17) is 4.74 Å². The van der Waals surface area contributed by atoms with Crippen molar-refractivity contribution in [1.82, 2.24) is 4.90 Å². The second-order valence-corrected chi connectivity index (χ2v) is 13.4. The van der Waals surface area contributed by atoms with Gasteiger partial charge in [0.1, 0.15) is 11.7 Å². The second-order valence-electron chi connectivity index (χ2n) is 13.4. The second kappa shape index (κ2) is 8.41. The Bertz CT molecular complexity index is 906. The monoisotopic (exact) mass is 483 g/mol. The van der Waals surface area contributed by atoms with E-state index in [0.29, 0.717) is 18.3 Å². The molecule has 1 N–H and O–H groups in total. The molecule has 0 spiro atoms. The number of aldehydes is 1. The third-order valence-corrected chi connectivity index (χ3v) is 11.8. The third kappa shape index (κ3) is 2.94. The standard InChI is InChI=1S/C30H45NO4/c1-19(2)25-14-21-15-28(18-32)24-10-8-20(3)23(24)16-29(21,30(25,28)27(33)34)26-11-9-22(35-26)17-31-12-6-4-5-7-13-31/h14,18-24,26H,4-13,15-17H2,1-3H3,(H,33,34)/t20-,21?,22?,23-,24-,26?,28?,29?,30?/m1/s1. The molecule has 5 fully saturated rings. The van der Waals surface area contributed by atoms with E-state index in [1.807, 2.05) is 0 Å². The number of nitrogens with zero attached hydrogens (tertiary/aromatic N) is 1. The topological polar surface area (TPSA) is 66.8 Å². The van der Waals surface area contributed by atoms with Gasteiger partial charge < -0.3 is 19.5 Å². The van der Waals surface area contributed by atoms with Crippen LogP contribution in [-0.2, 0) is 14.3 Å². The fraction of sp³-hybridized carbons (Fsp3) is 0.867. The van der Waals surface area contributed by atoms with E-state index in [9.17, 15) is 14.7 Å². The first-order valence-electron chi connectivity index (χ1n) is 14.6. The Morgan fingerprint density at radius 3 is 2.54 bits per heavy atom. The van der Waals surface area contributed by atoms with Crippen LogP contribution in [0.25, 0.3) is 0 Å². The van der Waals surface area contributed by atoms with Crippen molar-refractivity contribution in [2.45, 2.75) is 97.2 Å². The molecule has 6 rings (SSSR count). The number of aliphatic carboxylic acids is 1. The lowest BCUT2D eigenvalue weighted by molar-refractivity contribution is -0.197. The van der Waals surface area contributed by atoms with E-state index in [-0.39, 0.29) is 30.0 Å². The molecular weight excluding hydrogens is 438 g/mol. The molecule has 3 saturated carbocycles. The fourth-order valence-corrected chi connectivity index (χ4v) is 10.7. The lowest BCUT2D eigenvalue weighted by Gasteiger charge is -2.60. The van der Waals surface area contributed by atoms with Crippen molar-refractivity contribution >= 4 is 12.3 Å². The van der Waals surface area contributed by atoms with Gasteiger partial charge in [0.2, 0.25) is 0 Å². The molecule has 5 nitrogen and oxygen atoms in total. The molecule has 2 aliphatic heterocycles. The first kappa shape index (κ1) is 24.2. The lowest BCUT2D eigenvalue weighted by Crippen LogP contribution is -2.65. The van der Waals surface area contributed by atoms with Gasteiger partial charge in [0.15, 0.2) is 0 Å². The number of carboxylic acids is 1. The van der Waals surface area contributed by atoms with Crippen LogP contribution in [0.15, 0.2) is 11.6 Å². The molecule has 2 saturated heterocycles. The summed E-state index contributed by atoms with van der Waals surface area (Å²) in [7, 11) is 0. The maximum atomic E-state index is 13.7. The first-order valence-corrected chi connectivity index (χ1v) is 14.6. The van der Waals surface area contributed by atoms with Crippen molar-refractivity contribution in [1.29, 1.82) is 0 Å². The predicted molar refractivity (Wildman–Crippen MR) is 135 cm³/mol. The number of carbonyl (C=O) groups excluding carboxylic acids is 1. The van der Waals surface area contributed by atoms with Gasteiger partial charge in [0, 0.05) is 12.0 Å². The Morgan fingerprint density at radius 2 is 1.89 bits per heavy atom. The Kier molecular flexibility index (Phi) is 5.80. The SMILES string of the molecule is CC(C)C1=CC2CC3(C=O)[C@@H]4CC[C@@H](C)[C@H]4CC2(C2CCC(CN4CCCCCC4)O2)C13C(=O)O. The molecule has 9 atom stereocenters. The van der Waals surface area contributed by atoms with Gasteiger partial charge in [-0.15, -0.1) is 0 Å². The summed E-state index contributed by atoms with van der Waals surface area (Å²) < 4.78 is 6.97. The molecule has 4 aliphatic carbocycles. The predicted octanol–water partition coefficient (Wildman–Crippen LogP) is 5.33. The van der Waals surface area contributed by atoms with E-state index in [2.05, 4.69) is 31.7 Å². The summed E-state index contributed by atoms with van der Waals surface area (Å²) in [6.07, 6.45) is 14.5. The fourth-order valence-electron chi connectivity index (χ4n) is 10.7. The van der Waals surface area contributed by atoms with Gasteiger partial charge in [-0.25, -0.2) is 0 Å². The number of likely N-dealkylation sites (tertiary alicyclic amines) is 1. The van der Waals surface area contributed by atoms with Crippen LogP contribution in [0.4, 0.5) is 0 Å². The summed E-state index contributed by atoms with van der Waals surface area (Å²) in [5, 5.41) is 11.2. The highest BCUT2D eigenvalue weighted by atomic mass is 16.5. The number of rotatable bonds is 6. The van der Waals surface area contributed by atoms with Crippen molar-refractivity contribution < 1.29 is 19.4 Å². The van der Waals surface area contributed by atoms with Gasteiger partial charge in [-0.05, 0) is 87.6 Å². The number of fused-ring (bicyclic) bond motifs is 2. The number of hydrogen-bond donors (Lipinski definition) is 1. The normalized spacial score (nSPS) is 49.2. The van der Waals surface area contributed by atoms with Gasteiger partial charge in [-0.3, -0.25) is 4.79 Å². The number of allylic oxidation sites excluding steroid dienone is 1. The highest BCUT2D eigenvalue weighted by Gasteiger charge is 2.86. The Labute approximate surface area is 211 Å². The van der Waals surface area contributed by atoms with E-state index in [1.165, 1.54) is 25.7 Å². The summed E-state index contributed by atoms with van der Waals surface area (Å²) in [6, 6.07) is 0. The van der Waals surface area contributed by atoms with Crippen LogP contribution in [0, 0.1) is 45.8 Å². The molecule has 0 aromatic rings. The molecule has 4 bridgehead atoms. The molecular formula is C30H45NO4. The number of hydrogen-bond acceptors (Lipinski definition) is 4. The molecule has 0 radical (unpaired) electrons. The molecule has 6 aliphatic rings. The van der Waals surface area contributed by atoms with Crippen LogP contribution >= 0.6 is 0 Å². The Balaban J connectivity index is 1.40. The molecule has 5 heteroatoms. The van der Waals surface area contributed by atoms with Crippen molar-refractivity contribution in [3.8, 4) is 0 Å². The average Bonchev–Trinajstić information content (AvgIpc) is 3.49. The van der Waals surface area contributed by atoms with Crippen LogP contribution in [0.2, 0.25) is 0 Å². The van der Waals surface area contributed by atoms with E-state index in [0.717, 1.165) is 63.6 Å². The minimum atomic E-state index is -1.10. The zero-order valence-corrected chi connectivity index (χ0v) is 22.0. The zero-order chi connectivity index (χ0) is 24.6. The minimum absolute atomic E-state index is 0.0661. The summed E-state index contributed by atoms with van der Waals surface area (Å²) in [6.45, 7) is 9.89. The maximum absolute atomic E-state index is 13.7. The molecule has 35 heavy (non-hydrogen) atoms. The van der Waals surface area contributed by atoms with Crippen molar-refractivity contribution in [3.05, 3.63) is 11.6 Å². The maximum Gasteiger partial charge on any atom is 0.315 e. The summed E-state index contributed by atoms with van der Waals surface area (Å²) in [5.74, 6) is 0.703. The highest BCUT2D eigenvalue weighted by Crippen LogP contribution is 2.84. The number of ether oxygens (including phenoxy) is 1. The van der Waals surface area contributed by atoms with E-state index >= 15 is 0 Å². The highest BCUT2D eigenvalue weighted by molar-refractivity contribution is 5.90. The van der Waals surface area contributed by atoms with Crippen LogP contribution in [0.3, 0.4) is 0 Å². The Hall–Kier alpha value is -1.20. The van der Waals surface area contributed by atoms with Gasteiger partial charge in [0.05, 0.1) is 17.6 Å². The smallest absolute Gasteiger partial charge is 0.315 e. The zero-order valence-electron chi connectivity index (χ0n) is 22.0. The third-order valence-electron chi connectivity index (χ3n) is 11.8. The lowest BCUT2D eigenvalue weighted by atomic mass is 9.41. The van der Waals surface area contributed by atoms with Crippen LogP contribution < -0.4 is 0 Å². The van der Waals surface area contributed by atoms with Crippen LogP contribution in [0.1, 0.15) is 85.0 Å². The molecule has 0 aromatic heterocycles. The van der Waals surface area contributed by atoms with Crippen LogP contribution in [0.5, 0.6) is 0 Å².